The first-order valence-corrected chi connectivity index (χ1v) is 12.7. The van der Waals surface area contributed by atoms with E-state index in [9.17, 15) is 19.2 Å². The molecule has 0 spiro atoms. The molecule has 0 saturated carbocycles. The second-order valence-corrected chi connectivity index (χ2v) is 9.47. The van der Waals surface area contributed by atoms with Crippen molar-refractivity contribution in [3.63, 3.8) is 0 Å². The van der Waals surface area contributed by atoms with E-state index in [1.54, 1.807) is 41.3 Å². The van der Waals surface area contributed by atoms with Gasteiger partial charge in [0, 0.05) is 24.7 Å². The summed E-state index contributed by atoms with van der Waals surface area (Å²) >= 11 is 0.800. The van der Waals surface area contributed by atoms with Crippen molar-refractivity contribution in [1.29, 1.82) is 0 Å². The number of thioether (sulfide) groups is 1. The second kappa shape index (κ2) is 11.4. The minimum atomic E-state index is -0.491. The summed E-state index contributed by atoms with van der Waals surface area (Å²) in [4.78, 5) is 52.7. The van der Waals surface area contributed by atoms with E-state index in [4.69, 9.17) is 9.15 Å². The monoisotopic (exact) mass is 496 g/mol. The Balaban J connectivity index is 1.39. The highest BCUT2D eigenvalue weighted by Crippen LogP contribution is 2.33. The van der Waals surface area contributed by atoms with E-state index in [0.29, 0.717) is 36.8 Å². The molecule has 0 radical (unpaired) electrons. The third-order valence-electron chi connectivity index (χ3n) is 5.91. The van der Waals surface area contributed by atoms with Crippen LogP contribution in [-0.2, 0) is 14.3 Å². The molecule has 184 valence electrons. The molecule has 1 aromatic carbocycles. The van der Waals surface area contributed by atoms with Crippen LogP contribution < -0.4 is 0 Å². The molecule has 9 heteroatoms. The Morgan fingerprint density at radius 1 is 1.06 bits per heavy atom. The number of hydrogen-bond acceptors (Lipinski definition) is 7. The number of unbranched alkanes of at least 4 members (excludes halogenated alkanes) is 1. The minimum absolute atomic E-state index is 0.203. The normalized spacial score (nSPS) is 17.3. The molecule has 0 atom stereocenters. The average molecular weight is 497 g/mol. The second-order valence-electron chi connectivity index (χ2n) is 8.48. The van der Waals surface area contributed by atoms with E-state index < -0.39 is 11.1 Å². The molecule has 0 aliphatic carbocycles. The summed E-state index contributed by atoms with van der Waals surface area (Å²) in [6, 6.07) is 10.3. The average Bonchev–Trinajstić information content (AvgIpc) is 3.45. The van der Waals surface area contributed by atoms with E-state index in [1.165, 1.54) is 6.08 Å². The van der Waals surface area contributed by atoms with Crippen molar-refractivity contribution >= 4 is 40.9 Å². The molecular formula is C26H28N2O6S. The van der Waals surface area contributed by atoms with Gasteiger partial charge >= 0.3 is 5.97 Å². The van der Waals surface area contributed by atoms with Crippen LogP contribution in [0.3, 0.4) is 0 Å². The maximum absolute atomic E-state index is 12.8. The zero-order valence-corrected chi connectivity index (χ0v) is 20.5. The Morgan fingerprint density at radius 3 is 2.51 bits per heavy atom. The molecule has 8 nitrogen and oxygen atoms in total. The van der Waals surface area contributed by atoms with Gasteiger partial charge in [-0.05, 0) is 61.7 Å². The number of rotatable bonds is 8. The predicted molar refractivity (Wildman–Crippen MR) is 132 cm³/mol. The van der Waals surface area contributed by atoms with Gasteiger partial charge in [-0.2, -0.15) is 0 Å². The molecule has 2 aliphatic heterocycles. The van der Waals surface area contributed by atoms with Crippen LogP contribution in [0.5, 0.6) is 0 Å². The first kappa shape index (κ1) is 24.8. The molecule has 4 rings (SSSR count). The van der Waals surface area contributed by atoms with Crippen LogP contribution in [0.1, 0.15) is 55.1 Å². The van der Waals surface area contributed by atoms with Gasteiger partial charge in [-0.1, -0.05) is 25.5 Å². The summed E-state index contributed by atoms with van der Waals surface area (Å²) in [5, 5.41) is -0.459. The van der Waals surface area contributed by atoms with Gasteiger partial charge in [0.1, 0.15) is 18.1 Å². The maximum atomic E-state index is 12.8. The molecule has 0 N–H and O–H groups in total. The van der Waals surface area contributed by atoms with Gasteiger partial charge in [0.25, 0.3) is 11.1 Å². The summed E-state index contributed by atoms with van der Waals surface area (Å²) in [6.45, 7) is 3.53. The summed E-state index contributed by atoms with van der Waals surface area (Å²) < 4.78 is 11.1. The molecule has 35 heavy (non-hydrogen) atoms. The fraction of sp³-hybridized carbons (Fsp3) is 0.385. The van der Waals surface area contributed by atoms with E-state index >= 15 is 0 Å². The molecule has 3 amide bonds. The predicted octanol–water partition coefficient (Wildman–Crippen LogP) is 4.95. The molecule has 2 aromatic rings. The standard InChI is InChI=1S/C26H28N2O6S/c1-2-3-15-33-25(31)19-9-7-18(8-10-19)21-12-11-20(34-21)16-22-24(30)28(26(32)35-22)17-23(29)27-13-5-4-6-14-27/h7-12,16H,2-6,13-15,17H2,1H3/b22-16+. The number of esters is 1. The van der Waals surface area contributed by atoms with E-state index in [1.807, 2.05) is 6.92 Å². The topological polar surface area (TPSA) is 97.1 Å². The molecule has 2 aliphatic rings. The number of carbonyl (C=O) groups excluding carboxylic acids is 4. The Labute approximate surface area is 208 Å². The number of ether oxygens (including phenoxy) is 1. The Kier molecular flexibility index (Phi) is 8.07. The SMILES string of the molecule is CCCCOC(=O)c1ccc(-c2ccc(/C=C3/SC(=O)N(CC(=O)N4CCCCC4)C3=O)o2)cc1. The highest BCUT2D eigenvalue weighted by Gasteiger charge is 2.37. The van der Waals surface area contributed by atoms with E-state index in [2.05, 4.69) is 0 Å². The Hall–Kier alpha value is -3.33. The number of amides is 3. The van der Waals surface area contributed by atoms with Crippen LogP contribution in [0.15, 0.2) is 45.7 Å². The van der Waals surface area contributed by atoms with Crippen molar-refractivity contribution in [3.8, 4) is 11.3 Å². The largest absolute Gasteiger partial charge is 0.462 e. The lowest BCUT2D eigenvalue weighted by Crippen LogP contribution is -2.44. The first-order chi connectivity index (χ1) is 17.0. The zero-order valence-electron chi connectivity index (χ0n) is 19.7. The summed E-state index contributed by atoms with van der Waals surface area (Å²) in [7, 11) is 0. The van der Waals surface area contributed by atoms with Gasteiger partial charge in [0.15, 0.2) is 0 Å². The van der Waals surface area contributed by atoms with Crippen molar-refractivity contribution in [1.82, 2.24) is 9.80 Å². The van der Waals surface area contributed by atoms with Crippen LogP contribution in [0.4, 0.5) is 4.79 Å². The third-order valence-corrected chi connectivity index (χ3v) is 6.82. The number of carbonyl (C=O) groups is 4. The lowest BCUT2D eigenvalue weighted by atomic mass is 10.1. The quantitative estimate of drug-likeness (QED) is 0.290. The molecule has 3 heterocycles. The van der Waals surface area contributed by atoms with Gasteiger partial charge in [-0.3, -0.25) is 19.3 Å². The molecule has 1 aromatic heterocycles. The summed E-state index contributed by atoms with van der Waals surface area (Å²) in [5.74, 6) is -0.0855. The van der Waals surface area contributed by atoms with Crippen LogP contribution in [-0.4, -0.2) is 59.1 Å². The molecule has 2 saturated heterocycles. The Bertz CT molecular complexity index is 1130. The van der Waals surface area contributed by atoms with Crippen molar-refractivity contribution in [2.75, 3.05) is 26.2 Å². The minimum Gasteiger partial charge on any atom is -0.462 e. The summed E-state index contributed by atoms with van der Waals surface area (Å²) in [5.41, 5.74) is 1.22. The molecule has 0 bridgehead atoms. The number of piperidine rings is 1. The van der Waals surface area contributed by atoms with Gasteiger partial charge in [-0.15, -0.1) is 0 Å². The van der Waals surface area contributed by atoms with Gasteiger partial charge in [-0.25, -0.2) is 4.79 Å². The summed E-state index contributed by atoms with van der Waals surface area (Å²) in [6.07, 6.45) is 6.28. The van der Waals surface area contributed by atoms with Gasteiger partial charge < -0.3 is 14.1 Å². The van der Waals surface area contributed by atoms with Crippen LogP contribution in [0, 0.1) is 0 Å². The first-order valence-electron chi connectivity index (χ1n) is 11.9. The maximum Gasteiger partial charge on any atom is 0.338 e. The smallest absolute Gasteiger partial charge is 0.338 e. The van der Waals surface area contributed by atoms with Gasteiger partial charge in [0.2, 0.25) is 5.91 Å². The fourth-order valence-electron chi connectivity index (χ4n) is 3.89. The number of imide groups is 1. The van der Waals surface area contributed by atoms with Crippen LogP contribution in [0.25, 0.3) is 17.4 Å². The van der Waals surface area contributed by atoms with Crippen molar-refractivity contribution in [2.24, 2.45) is 0 Å². The van der Waals surface area contributed by atoms with E-state index in [0.717, 1.165) is 54.3 Å². The van der Waals surface area contributed by atoms with Crippen LogP contribution >= 0.6 is 11.8 Å². The number of hydrogen-bond donors (Lipinski definition) is 0. The highest BCUT2D eigenvalue weighted by molar-refractivity contribution is 8.18. The third kappa shape index (κ3) is 6.03. The fourth-order valence-corrected chi connectivity index (χ4v) is 4.71. The van der Waals surface area contributed by atoms with Crippen molar-refractivity contribution in [2.45, 2.75) is 39.0 Å². The molecular weight excluding hydrogens is 468 g/mol. The molecule has 2 fully saturated rings. The number of likely N-dealkylation sites (tertiary alicyclic amines) is 1. The van der Waals surface area contributed by atoms with Crippen molar-refractivity contribution < 1.29 is 28.3 Å². The number of benzene rings is 1. The number of nitrogens with zero attached hydrogens (tertiary/aromatic N) is 2. The van der Waals surface area contributed by atoms with Gasteiger partial charge in [0.05, 0.1) is 17.1 Å². The van der Waals surface area contributed by atoms with Crippen molar-refractivity contribution in [3.05, 3.63) is 52.6 Å². The lowest BCUT2D eigenvalue weighted by molar-refractivity contribution is -0.136. The molecule has 0 unspecified atom stereocenters. The van der Waals surface area contributed by atoms with Crippen LogP contribution in [0.2, 0.25) is 0 Å². The van der Waals surface area contributed by atoms with E-state index in [-0.39, 0.29) is 23.3 Å². The highest BCUT2D eigenvalue weighted by atomic mass is 32.2. The number of furan rings is 1. The Morgan fingerprint density at radius 2 is 1.80 bits per heavy atom. The lowest BCUT2D eigenvalue weighted by Gasteiger charge is -2.27. The zero-order chi connectivity index (χ0) is 24.8.